The zero-order valence-corrected chi connectivity index (χ0v) is 21.2. The van der Waals surface area contributed by atoms with Gasteiger partial charge in [-0.05, 0) is 50.8 Å². The Morgan fingerprint density at radius 2 is 1.97 bits per heavy atom. The van der Waals surface area contributed by atoms with Gasteiger partial charge in [0.2, 0.25) is 5.91 Å². The molecule has 0 radical (unpaired) electrons. The van der Waals surface area contributed by atoms with Crippen molar-refractivity contribution in [3.63, 3.8) is 0 Å². The molecule has 1 amide bonds. The van der Waals surface area contributed by atoms with Crippen LogP contribution in [-0.4, -0.2) is 43.8 Å². The number of carbonyl (C=O) groups excluding carboxylic acids is 2. The van der Waals surface area contributed by atoms with Crippen molar-refractivity contribution >= 4 is 44.9 Å². The Balaban J connectivity index is 1.39. The predicted molar refractivity (Wildman–Crippen MR) is 138 cm³/mol. The first-order valence-corrected chi connectivity index (χ1v) is 12.0. The third-order valence-electron chi connectivity index (χ3n) is 5.08. The molecular weight excluding hydrogens is 464 g/mol. The quantitative estimate of drug-likeness (QED) is 0.357. The largest absolute Gasteiger partial charge is 0.456 e. The van der Waals surface area contributed by atoms with Gasteiger partial charge < -0.3 is 15.4 Å². The van der Waals surface area contributed by atoms with Crippen LogP contribution >= 0.6 is 11.3 Å². The van der Waals surface area contributed by atoms with Gasteiger partial charge in [-0.3, -0.25) is 9.48 Å². The minimum atomic E-state index is -0.600. The molecule has 0 unspecified atom stereocenters. The molecule has 0 aliphatic heterocycles. The molecule has 3 heterocycles. The lowest BCUT2D eigenvalue weighted by molar-refractivity contribution is -0.115. The van der Waals surface area contributed by atoms with E-state index in [0.29, 0.717) is 28.1 Å². The van der Waals surface area contributed by atoms with Gasteiger partial charge in [-0.25, -0.2) is 14.8 Å². The van der Waals surface area contributed by atoms with Crippen molar-refractivity contribution in [2.45, 2.75) is 39.7 Å². The summed E-state index contributed by atoms with van der Waals surface area (Å²) in [6.45, 7) is 7.53. The molecule has 0 bridgehead atoms. The lowest BCUT2D eigenvalue weighted by Gasteiger charge is -2.18. The van der Waals surface area contributed by atoms with Crippen LogP contribution in [0.5, 0.6) is 0 Å². The van der Waals surface area contributed by atoms with E-state index in [1.807, 2.05) is 31.6 Å². The highest BCUT2D eigenvalue weighted by Crippen LogP contribution is 2.28. The first-order valence-electron chi connectivity index (χ1n) is 11.2. The molecule has 9 nitrogen and oxygen atoms in total. The van der Waals surface area contributed by atoms with Crippen LogP contribution < -0.4 is 10.6 Å². The first kappa shape index (κ1) is 24.3. The van der Waals surface area contributed by atoms with Gasteiger partial charge in [0, 0.05) is 43.4 Å². The molecule has 0 atom stereocenters. The number of aryl methyl sites for hydroxylation is 2. The molecule has 182 valence electrons. The minimum absolute atomic E-state index is 0.209. The summed E-state index contributed by atoms with van der Waals surface area (Å²) in [5, 5.41) is 12.7. The number of nitrogens with zero attached hydrogens (tertiary/aromatic N) is 4. The molecule has 0 fully saturated rings. The third-order valence-corrected chi connectivity index (χ3v) is 6.13. The average Bonchev–Trinajstić information content (AvgIpc) is 3.37. The van der Waals surface area contributed by atoms with Crippen LogP contribution in [0.4, 0.5) is 10.9 Å². The molecular formula is C25H28N6O3S. The van der Waals surface area contributed by atoms with E-state index in [9.17, 15) is 9.59 Å². The van der Waals surface area contributed by atoms with Crippen molar-refractivity contribution in [2.24, 2.45) is 7.05 Å². The summed E-state index contributed by atoms with van der Waals surface area (Å²) in [6, 6.07) is 8.12. The second-order valence-electron chi connectivity index (χ2n) is 9.16. The Labute approximate surface area is 207 Å². The highest BCUT2D eigenvalue weighted by molar-refractivity contribution is 7.17. The van der Waals surface area contributed by atoms with Gasteiger partial charge in [-0.15, -0.1) is 0 Å². The van der Waals surface area contributed by atoms with E-state index in [2.05, 4.69) is 37.8 Å². The second kappa shape index (κ2) is 9.83. The third kappa shape index (κ3) is 6.02. The standard InChI is InChI=1S/C25H28N6O3S/c1-15-21(23(33)34-25(2,3)4)35-24(29-15)30-20(32)9-11-27-22-19-12-17(18-13-28-31(5)14-18)7-6-16(19)8-10-26-22/h6-8,10,12-14H,9,11H2,1-5H3,(H,26,27)(H,29,30,32). The Morgan fingerprint density at radius 3 is 2.69 bits per heavy atom. The van der Waals surface area contributed by atoms with E-state index in [-0.39, 0.29) is 12.3 Å². The molecule has 0 aliphatic carbocycles. The number of fused-ring (bicyclic) bond motifs is 1. The van der Waals surface area contributed by atoms with Gasteiger partial charge in [0.25, 0.3) is 0 Å². The number of ether oxygens (including phenoxy) is 1. The average molecular weight is 493 g/mol. The number of hydrogen-bond donors (Lipinski definition) is 2. The maximum atomic E-state index is 12.5. The Kier molecular flexibility index (Phi) is 6.83. The van der Waals surface area contributed by atoms with Crippen LogP contribution in [0, 0.1) is 6.92 Å². The van der Waals surface area contributed by atoms with Gasteiger partial charge in [0.1, 0.15) is 16.3 Å². The van der Waals surface area contributed by atoms with Crippen molar-refractivity contribution < 1.29 is 14.3 Å². The number of esters is 1. The number of nitrogens with one attached hydrogen (secondary N) is 2. The van der Waals surface area contributed by atoms with E-state index in [1.54, 1.807) is 38.6 Å². The summed E-state index contributed by atoms with van der Waals surface area (Å²) < 4.78 is 7.17. The van der Waals surface area contributed by atoms with Crippen LogP contribution in [-0.2, 0) is 16.6 Å². The van der Waals surface area contributed by atoms with Gasteiger partial charge in [0.15, 0.2) is 5.13 Å². The SMILES string of the molecule is Cc1nc(NC(=O)CCNc2nccc3ccc(-c4cnn(C)c4)cc23)sc1C(=O)OC(C)(C)C. The van der Waals surface area contributed by atoms with Crippen LogP contribution in [0.2, 0.25) is 0 Å². The molecule has 3 aromatic heterocycles. The lowest BCUT2D eigenvalue weighted by Crippen LogP contribution is -2.23. The molecule has 0 aliphatic rings. The van der Waals surface area contributed by atoms with Crippen LogP contribution in [0.15, 0.2) is 42.9 Å². The number of anilines is 2. The fourth-order valence-electron chi connectivity index (χ4n) is 3.50. The molecule has 1 aromatic carbocycles. The summed E-state index contributed by atoms with van der Waals surface area (Å²) in [5.41, 5.74) is 1.99. The summed E-state index contributed by atoms with van der Waals surface area (Å²) in [7, 11) is 1.88. The van der Waals surface area contributed by atoms with E-state index in [1.165, 1.54) is 0 Å². The molecule has 35 heavy (non-hydrogen) atoms. The summed E-state index contributed by atoms with van der Waals surface area (Å²) in [4.78, 5) is 34.0. The maximum absolute atomic E-state index is 12.5. The van der Waals surface area contributed by atoms with Crippen LogP contribution in [0.25, 0.3) is 21.9 Å². The van der Waals surface area contributed by atoms with Crippen LogP contribution in [0.3, 0.4) is 0 Å². The number of pyridine rings is 1. The molecule has 0 saturated heterocycles. The molecule has 10 heteroatoms. The summed E-state index contributed by atoms with van der Waals surface area (Å²) in [6.07, 6.45) is 5.73. The summed E-state index contributed by atoms with van der Waals surface area (Å²) in [5.74, 6) is 0.0546. The lowest BCUT2D eigenvalue weighted by atomic mass is 10.0. The highest BCUT2D eigenvalue weighted by Gasteiger charge is 2.23. The van der Waals surface area contributed by atoms with Crippen molar-refractivity contribution in [1.29, 1.82) is 0 Å². The number of carbonyl (C=O) groups is 2. The monoisotopic (exact) mass is 492 g/mol. The second-order valence-corrected chi connectivity index (χ2v) is 10.2. The number of amides is 1. The van der Waals surface area contributed by atoms with Crippen molar-refractivity contribution in [2.75, 3.05) is 17.2 Å². The van der Waals surface area contributed by atoms with Gasteiger partial charge >= 0.3 is 5.97 Å². The van der Waals surface area contributed by atoms with E-state index in [0.717, 1.165) is 33.2 Å². The zero-order valence-electron chi connectivity index (χ0n) is 20.4. The molecule has 2 N–H and O–H groups in total. The van der Waals surface area contributed by atoms with E-state index < -0.39 is 11.6 Å². The number of rotatable bonds is 7. The topological polar surface area (TPSA) is 111 Å². The molecule has 0 saturated carbocycles. The molecule has 0 spiro atoms. The highest BCUT2D eigenvalue weighted by atomic mass is 32.1. The van der Waals surface area contributed by atoms with Gasteiger partial charge in [-0.1, -0.05) is 23.5 Å². The maximum Gasteiger partial charge on any atom is 0.350 e. The smallest absolute Gasteiger partial charge is 0.350 e. The Hall–Kier alpha value is -3.79. The fourth-order valence-corrected chi connectivity index (χ4v) is 4.36. The Bertz CT molecular complexity index is 1390. The number of thiazole rings is 1. The first-order chi connectivity index (χ1) is 16.6. The fraction of sp³-hybridized carbons (Fsp3) is 0.320. The van der Waals surface area contributed by atoms with E-state index >= 15 is 0 Å². The van der Waals surface area contributed by atoms with Gasteiger partial charge in [-0.2, -0.15) is 5.10 Å². The normalized spacial score (nSPS) is 11.5. The Morgan fingerprint density at radius 1 is 1.17 bits per heavy atom. The van der Waals surface area contributed by atoms with Gasteiger partial charge in [0.05, 0.1) is 11.9 Å². The van der Waals surface area contributed by atoms with Crippen molar-refractivity contribution in [3.8, 4) is 11.1 Å². The number of hydrogen-bond acceptors (Lipinski definition) is 8. The minimum Gasteiger partial charge on any atom is -0.456 e. The van der Waals surface area contributed by atoms with Crippen LogP contribution in [0.1, 0.15) is 42.6 Å². The summed E-state index contributed by atoms with van der Waals surface area (Å²) >= 11 is 1.11. The number of benzene rings is 1. The molecule has 4 rings (SSSR count). The molecule has 4 aromatic rings. The zero-order chi connectivity index (χ0) is 25.2. The van der Waals surface area contributed by atoms with E-state index in [4.69, 9.17) is 4.74 Å². The van der Waals surface area contributed by atoms with Crippen molar-refractivity contribution in [3.05, 3.63) is 53.4 Å². The van der Waals surface area contributed by atoms with Crippen molar-refractivity contribution in [1.82, 2.24) is 19.7 Å². The number of aromatic nitrogens is 4. The predicted octanol–water partition coefficient (Wildman–Crippen LogP) is 4.80.